The second kappa shape index (κ2) is 7.87. The zero-order valence-corrected chi connectivity index (χ0v) is 18.1. The Morgan fingerprint density at radius 1 is 0.793 bits per heavy atom. The molecule has 3 aromatic rings. The molecule has 3 rings (SSSR count). The van der Waals surface area contributed by atoms with E-state index in [9.17, 15) is 23.2 Å². The van der Waals surface area contributed by atoms with Gasteiger partial charge in [-0.2, -0.15) is 8.42 Å². The van der Waals surface area contributed by atoms with Gasteiger partial charge < -0.3 is 10.2 Å². The third-order valence-electron chi connectivity index (χ3n) is 4.37. The Hall–Kier alpha value is -1.67. The van der Waals surface area contributed by atoms with E-state index in [4.69, 9.17) is 46.4 Å². The summed E-state index contributed by atoms with van der Waals surface area (Å²) in [5, 5.41) is 20.3. The predicted molar refractivity (Wildman–Crippen MR) is 114 cm³/mol. The maximum Gasteiger partial charge on any atom is 0.283 e. The minimum Gasteiger partial charge on any atom is -0.507 e. The van der Waals surface area contributed by atoms with Gasteiger partial charge in [0.2, 0.25) is 0 Å². The molecule has 0 bridgehead atoms. The SMILES string of the molecule is O=S(=O)(O)C(c1cccc(Cl)c1)(c1cccc(Cl)c1)c1c(O)cc(Cl)c(O)c1Cl. The standard InChI is InChI=1S/C19H12Cl4O5S/c20-12-5-1-3-10(7-12)19(29(26,27)28,11-4-2-6-13(21)8-11)16-15(24)9-14(22)18(25)17(16)23/h1-9,24-25H,(H,26,27,28). The molecule has 5 nitrogen and oxygen atoms in total. The first kappa shape index (κ1) is 22.0. The summed E-state index contributed by atoms with van der Waals surface area (Å²) in [6, 6.07) is 12.2. The molecule has 0 aliphatic carbocycles. The first-order valence-corrected chi connectivity index (χ1v) is 10.8. The number of hydrogen-bond acceptors (Lipinski definition) is 4. The van der Waals surface area contributed by atoms with Gasteiger partial charge in [0.1, 0.15) is 5.75 Å². The number of halogens is 4. The molecule has 0 saturated carbocycles. The third kappa shape index (κ3) is 3.65. The van der Waals surface area contributed by atoms with Crippen molar-refractivity contribution < 1.29 is 23.2 Å². The van der Waals surface area contributed by atoms with Crippen molar-refractivity contribution in [1.82, 2.24) is 0 Å². The van der Waals surface area contributed by atoms with E-state index in [0.29, 0.717) is 0 Å². The molecule has 152 valence electrons. The van der Waals surface area contributed by atoms with Gasteiger partial charge in [-0.1, -0.05) is 70.7 Å². The Morgan fingerprint density at radius 3 is 1.69 bits per heavy atom. The molecule has 0 heterocycles. The minimum absolute atomic E-state index is 0.0475. The largest absolute Gasteiger partial charge is 0.507 e. The van der Waals surface area contributed by atoms with Crippen molar-refractivity contribution in [3.05, 3.63) is 91.4 Å². The number of phenols is 2. The van der Waals surface area contributed by atoms with Crippen molar-refractivity contribution in [3.63, 3.8) is 0 Å². The van der Waals surface area contributed by atoms with E-state index >= 15 is 0 Å². The average Bonchev–Trinajstić information content (AvgIpc) is 2.62. The topological polar surface area (TPSA) is 94.8 Å². The van der Waals surface area contributed by atoms with Crippen LogP contribution in [0.4, 0.5) is 0 Å². The molecule has 0 spiro atoms. The van der Waals surface area contributed by atoms with E-state index in [2.05, 4.69) is 0 Å². The fourth-order valence-corrected chi connectivity index (χ4v) is 5.57. The fourth-order valence-electron chi connectivity index (χ4n) is 3.23. The number of benzene rings is 3. The van der Waals surface area contributed by atoms with Crippen LogP contribution >= 0.6 is 46.4 Å². The maximum atomic E-state index is 13.0. The van der Waals surface area contributed by atoms with Gasteiger partial charge in [-0.05, 0) is 35.4 Å². The van der Waals surface area contributed by atoms with Gasteiger partial charge in [-0.15, -0.1) is 0 Å². The minimum atomic E-state index is -5.11. The van der Waals surface area contributed by atoms with E-state index in [0.717, 1.165) is 6.07 Å². The second-order valence-corrected chi connectivity index (χ2v) is 9.31. The van der Waals surface area contributed by atoms with Crippen LogP contribution in [-0.4, -0.2) is 23.2 Å². The molecular weight excluding hydrogens is 482 g/mol. The summed E-state index contributed by atoms with van der Waals surface area (Å²) < 4.78 is 33.9. The highest BCUT2D eigenvalue weighted by Crippen LogP contribution is 2.53. The monoisotopic (exact) mass is 492 g/mol. The van der Waals surface area contributed by atoms with Crippen molar-refractivity contribution in [2.75, 3.05) is 0 Å². The van der Waals surface area contributed by atoms with Crippen LogP contribution in [0.2, 0.25) is 20.1 Å². The van der Waals surface area contributed by atoms with Gasteiger partial charge >= 0.3 is 0 Å². The van der Waals surface area contributed by atoms with Crippen molar-refractivity contribution in [3.8, 4) is 11.5 Å². The summed E-state index contributed by atoms with van der Waals surface area (Å²) in [5.74, 6) is -1.34. The molecule has 29 heavy (non-hydrogen) atoms. The van der Waals surface area contributed by atoms with Crippen LogP contribution in [0, 0.1) is 0 Å². The molecule has 3 aromatic carbocycles. The Kier molecular flexibility index (Phi) is 5.98. The van der Waals surface area contributed by atoms with Gasteiger partial charge in [-0.25, -0.2) is 0 Å². The van der Waals surface area contributed by atoms with Crippen LogP contribution in [0.15, 0.2) is 54.6 Å². The Morgan fingerprint density at radius 2 is 1.28 bits per heavy atom. The lowest BCUT2D eigenvalue weighted by molar-refractivity contribution is 0.435. The van der Waals surface area contributed by atoms with Gasteiger partial charge in [0.15, 0.2) is 10.5 Å². The van der Waals surface area contributed by atoms with E-state index in [1.54, 1.807) is 0 Å². The molecule has 0 atom stereocenters. The summed E-state index contributed by atoms with van der Waals surface area (Å²) in [6.07, 6.45) is 0. The zero-order valence-electron chi connectivity index (χ0n) is 14.3. The Labute approximate surface area is 186 Å². The molecule has 3 N–H and O–H groups in total. The summed E-state index contributed by atoms with van der Waals surface area (Å²) >= 11 is 24.2. The average molecular weight is 494 g/mol. The highest BCUT2D eigenvalue weighted by molar-refractivity contribution is 7.87. The fraction of sp³-hybridized carbons (Fsp3) is 0.0526. The molecule has 0 unspecified atom stereocenters. The number of phenolic OH excluding ortho intramolecular Hbond substituents is 2. The third-order valence-corrected chi connectivity index (χ3v) is 6.95. The van der Waals surface area contributed by atoms with Gasteiger partial charge in [0.25, 0.3) is 10.1 Å². The van der Waals surface area contributed by atoms with Crippen LogP contribution in [-0.2, 0) is 14.9 Å². The van der Waals surface area contributed by atoms with E-state index in [1.165, 1.54) is 48.5 Å². The lowest BCUT2D eigenvalue weighted by Gasteiger charge is -2.34. The van der Waals surface area contributed by atoms with E-state index in [1.807, 2.05) is 0 Å². The Balaban J connectivity index is 2.64. The van der Waals surface area contributed by atoms with Crippen molar-refractivity contribution in [2.45, 2.75) is 4.75 Å². The molecular formula is C19H12Cl4O5S. The molecule has 0 fully saturated rings. The van der Waals surface area contributed by atoms with E-state index < -0.39 is 37.0 Å². The van der Waals surface area contributed by atoms with E-state index in [-0.39, 0.29) is 26.2 Å². The molecule has 0 radical (unpaired) electrons. The second-order valence-electron chi connectivity index (χ2n) is 6.09. The Bertz CT molecular complexity index is 1170. The van der Waals surface area contributed by atoms with Crippen LogP contribution in [0.5, 0.6) is 11.5 Å². The normalized spacial score (nSPS) is 12.2. The highest BCUT2D eigenvalue weighted by atomic mass is 35.5. The van der Waals surface area contributed by atoms with Gasteiger partial charge in [0, 0.05) is 21.7 Å². The van der Waals surface area contributed by atoms with Crippen molar-refractivity contribution in [1.29, 1.82) is 0 Å². The summed E-state index contributed by atoms with van der Waals surface area (Å²) in [5.41, 5.74) is -0.601. The summed E-state index contributed by atoms with van der Waals surface area (Å²) in [6.45, 7) is 0. The lowest BCUT2D eigenvalue weighted by Crippen LogP contribution is -2.38. The lowest BCUT2D eigenvalue weighted by atomic mass is 9.83. The quantitative estimate of drug-likeness (QED) is 0.239. The molecule has 0 aromatic heterocycles. The zero-order chi connectivity index (χ0) is 21.6. The van der Waals surface area contributed by atoms with Gasteiger partial charge in [0.05, 0.1) is 10.0 Å². The maximum absolute atomic E-state index is 13.0. The van der Waals surface area contributed by atoms with Crippen LogP contribution in [0.3, 0.4) is 0 Å². The number of aromatic hydroxyl groups is 2. The molecule has 0 aliphatic heterocycles. The highest BCUT2D eigenvalue weighted by Gasteiger charge is 2.52. The van der Waals surface area contributed by atoms with Crippen LogP contribution in [0.1, 0.15) is 16.7 Å². The predicted octanol–water partition coefficient (Wildman–Crippen LogP) is 5.89. The molecule has 10 heteroatoms. The van der Waals surface area contributed by atoms with Crippen molar-refractivity contribution >= 4 is 56.5 Å². The van der Waals surface area contributed by atoms with Gasteiger partial charge in [-0.3, -0.25) is 4.55 Å². The summed E-state index contributed by atoms with van der Waals surface area (Å²) in [7, 11) is -5.11. The van der Waals surface area contributed by atoms with Crippen molar-refractivity contribution in [2.24, 2.45) is 0 Å². The summed E-state index contributed by atoms with van der Waals surface area (Å²) in [4.78, 5) is 0. The van der Waals surface area contributed by atoms with Crippen LogP contribution < -0.4 is 0 Å². The first-order chi connectivity index (χ1) is 13.5. The number of rotatable bonds is 4. The van der Waals surface area contributed by atoms with Crippen LogP contribution in [0.25, 0.3) is 0 Å². The molecule has 0 amide bonds. The first-order valence-electron chi connectivity index (χ1n) is 7.89. The number of hydrogen-bond donors (Lipinski definition) is 3. The molecule has 0 aliphatic rings. The molecule has 0 saturated heterocycles. The smallest absolute Gasteiger partial charge is 0.283 e.